The third-order valence-corrected chi connectivity index (χ3v) is 9.06. The summed E-state index contributed by atoms with van der Waals surface area (Å²) in [6.07, 6.45) is 1.29. The predicted molar refractivity (Wildman–Crippen MR) is 165 cm³/mol. The minimum atomic E-state index is -3.93. The van der Waals surface area contributed by atoms with E-state index in [0.717, 1.165) is 12.1 Å². The number of aromatic nitrogens is 1. The van der Waals surface area contributed by atoms with Gasteiger partial charge < -0.3 is 10.4 Å². The highest BCUT2D eigenvalue weighted by molar-refractivity contribution is 7.90. The minimum absolute atomic E-state index is 0.0335. The summed E-state index contributed by atoms with van der Waals surface area (Å²) in [6.45, 7) is 7.18. The maximum Gasteiger partial charge on any atom is 0.326 e. The van der Waals surface area contributed by atoms with E-state index in [4.69, 9.17) is 18.2 Å². The van der Waals surface area contributed by atoms with Gasteiger partial charge in [0.2, 0.25) is 0 Å². The van der Waals surface area contributed by atoms with Crippen LogP contribution in [0.3, 0.4) is 0 Å². The lowest BCUT2D eigenvalue weighted by atomic mass is 9.95. The Labute approximate surface area is 261 Å². The van der Waals surface area contributed by atoms with E-state index in [-0.39, 0.29) is 16.9 Å². The normalized spacial score (nSPS) is 12.0. The Morgan fingerprint density at radius 3 is 2.29 bits per heavy atom. The molecule has 45 heavy (non-hydrogen) atoms. The largest absolute Gasteiger partial charge is 0.480 e. The number of amides is 1. The maximum absolute atomic E-state index is 15.0. The lowest BCUT2D eigenvalue weighted by molar-refractivity contribution is -0.139. The second kappa shape index (κ2) is 12.8. The molecule has 0 radical (unpaired) electrons. The topological polar surface area (TPSA) is 118 Å². The molecule has 5 aromatic rings. The Kier molecular flexibility index (Phi) is 8.90. The second-order valence-electron chi connectivity index (χ2n) is 10.0. The quantitative estimate of drug-likeness (QED) is 0.171. The van der Waals surface area contributed by atoms with Gasteiger partial charge in [-0.15, -0.1) is 0 Å². The fourth-order valence-electron chi connectivity index (χ4n) is 4.93. The summed E-state index contributed by atoms with van der Waals surface area (Å²) < 4.78 is 55.4. The molecular weight excluding hydrogens is 624 g/mol. The van der Waals surface area contributed by atoms with Crippen LogP contribution in [-0.2, 0) is 26.8 Å². The summed E-state index contributed by atoms with van der Waals surface area (Å²) in [5.41, 5.74) is 1.30. The molecule has 1 atom stereocenters. The predicted octanol–water partition coefficient (Wildman–Crippen LogP) is 6.78. The van der Waals surface area contributed by atoms with Gasteiger partial charge in [0.25, 0.3) is 5.91 Å². The minimum Gasteiger partial charge on any atom is -0.480 e. The molecule has 4 aromatic carbocycles. The maximum atomic E-state index is 15.0. The van der Waals surface area contributed by atoms with E-state index in [2.05, 4.69) is 15.1 Å². The first-order valence-electron chi connectivity index (χ1n) is 13.3. The van der Waals surface area contributed by atoms with Crippen molar-refractivity contribution in [1.29, 1.82) is 0 Å². The van der Waals surface area contributed by atoms with Crippen molar-refractivity contribution in [2.75, 3.05) is 0 Å². The van der Waals surface area contributed by atoms with Crippen LogP contribution in [0.15, 0.2) is 96.0 Å². The second-order valence-corrected chi connectivity index (χ2v) is 12.4. The van der Waals surface area contributed by atoms with Gasteiger partial charge in [0, 0.05) is 28.6 Å². The van der Waals surface area contributed by atoms with E-state index in [9.17, 15) is 23.1 Å². The Bertz CT molecular complexity index is 2100. The Morgan fingerprint density at radius 1 is 0.956 bits per heavy atom. The van der Waals surface area contributed by atoms with E-state index in [1.54, 1.807) is 48.7 Å². The zero-order chi connectivity index (χ0) is 32.3. The van der Waals surface area contributed by atoms with E-state index in [1.165, 1.54) is 30.3 Å². The van der Waals surface area contributed by atoms with Gasteiger partial charge >= 0.3 is 5.97 Å². The lowest BCUT2D eigenvalue weighted by Crippen LogP contribution is -2.43. The van der Waals surface area contributed by atoms with Crippen molar-refractivity contribution >= 4 is 49.9 Å². The summed E-state index contributed by atoms with van der Waals surface area (Å²) in [4.78, 5) is 32.9. The average molecular weight is 646 g/mol. The molecule has 0 fully saturated rings. The number of carboxylic acids is 1. The van der Waals surface area contributed by atoms with E-state index in [0.29, 0.717) is 38.3 Å². The van der Waals surface area contributed by atoms with Crippen molar-refractivity contribution in [1.82, 2.24) is 10.3 Å². The number of rotatable bonds is 9. The number of benzene rings is 4. The summed E-state index contributed by atoms with van der Waals surface area (Å²) in [5, 5.41) is 13.0. The zero-order valence-electron chi connectivity index (χ0n) is 23.2. The lowest BCUT2D eigenvalue weighted by Gasteiger charge is -2.18. The molecule has 0 unspecified atom stereocenters. The van der Waals surface area contributed by atoms with Crippen LogP contribution in [0.2, 0.25) is 5.02 Å². The molecule has 226 valence electrons. The zero-order valence-corrected chi connectivity index (χ0v) is 24.7. The van der Waals surface area contributed by atoms with Crippen LogP contribution < -0.4 is 5.32 Å². The van der Waals surface area contributed by atoms with Crippen LogP contribution in [0.5, 0.6) is 0 Å². The van der Waals surface area contributed by atoms with Crippen molar-refractivity contribution in [3.05, 3.63) is 136 Å². The first-order chi connectivity index (χ1) is 21.5. The number of carbonyl (C=O) groups excluding carboxylic acids is 1. The van der Waals surface area contributed by atoms with Gasteiger partial charge in [-0.05, 0) is 53.1 Å². The molecule has 1 aromatic heterocycles. The van der Waals surface area contributed by atoms with E-state index < -0.39 is 50.7 Å². The molecule has 0 aliphatic heterocycles. The summed E-state index contributed by atoms with van der Waals surface area (Å²) in [6, 6.07) is 18.8. The summed E-state index contributed by atoms with van der Waals surface area (Å²) in [5.74, 6) is -6.16. The van der Waals surface area contributed by atoms with Gasteiger partial charge in [0.1, 0.15) is 23.2 Å². The van der Waals surface area contributed by atoms with Crippen LogP contribution in [0.25, 0.3) is 26.9 Å². The fourth-order valence-corrected chi connectivity index (χ4v) is 6.55. The number of halogens is 3. The van der Waals surface area contributed by atoms with Gasteiger partial charge in [-0.1, -0.05) is 60.1 Å². The average Bonchev–Trinajstić information content (AvgIpc) is 3.00. The van der Waals surface area contributed by atoms with Crippen LogP contribution in [-0.4, -0.2) is 36.4 Å². The molecule has 5 rings (SSSR count). The van der Waals surface area contributed by atoms with Crippen molar-refractivity contribution in [3.63, 3.8) is 0 Å². The van der Waals surface area contributed by atoms with Crippen LogP contribution >= 0.6 is 11.6 Å². The fraction of sp³-hybridized carbons (Fsp3) is 0.0909. The number of nitrogens with zero attached hydrogens (tertiary/aromatic N) is 2. The highest BCUT2D eigenvalue weighted by Crippen LogP contribution is 2.36. The van der Waals surface area contributed by atoms with Gasteiger partial charge in [-0.3, -0.25) is 9.78 Å². The van der Waals surface area contributed by atoms with Crippen molar-refractivity contribution in [3.8, 4) is 11.1 Å². The Balaban J connectivity index is 1.41. The molecule has 0 spiro atoms. The number of hydrogen-bond acceptors (Lipinski definition) is 5. The molecule has 8 nitrogen and oxygen atoms in total. The molecular formula is C33H22ClF2N3O5S. The third kappa shape index (κ3) is 6.67. The number of nitrogens with one attached hydrogen (secondary N) is 1. The molecule has 0 aliphatic carbocycles. The van der Waals surface area contributed by atoms with Gasteiger partial charge in [-0.2, -0.15) is 0 Å². The molecule has 1 amide bonds. The third-order valence-electron chi connectivity index (χ3n) is 7.05. The smallest absolute Gasteiger partial charge is 0.326 e. The first-order valence-corrected chi connectivity index (χ1v) is 15.3. The van der Waals surface area contributed by atoms with Gasteiger partial charge in [0.05, 0.1) is 22.7 Å². The molecule has 12 heteroatoms. The molecule has 1 heterocycles. The first kappa shape index (κ1) is 31.3. The number of fused-ring (bicyclic) bond motifs is 1. The number of aliphatic carboxylic acids is 1. The molecule has 2 N–H and O–H groups in total. The van der Waals surface area contributed by atoms with Gasteiger partial charge in [0.15, 0.2) is 15.5 Å². The number of pyridine rings is 1. The Morgan fingerprint density at radius 2 is 1.64 bits per heavy atom. The number of carboxylic acid groups (broad SMARTS) is 1. The van der Waals surface area contributed by atoms with Gasteiger partial charge in [-0.25, -0.2) is 26.8 Å². The van der Waals surface area contributed by atoms with Crippen molar-refractivity contribution in [2.45, 2.75) is 23.1 Å². The van der Waals surface area contributed by atoms with Crippen molar-refractivity contribution in [2.24, 2.45) is 0 Å². The standard InChI is InChI=1S/C33H22ClF2N3O5S/c1-37-21-10-12-24(26(34)17-21)25-11-9-20(23-8-5-13-38-31(23)25)16-29(33(41)42)39-32(40)30-27(35)14-19(15-28(30)36)18-45(43,44)22-6-3-2-4-7-22/h2-15,17,29H,16,18H2,(H,39,40)(H,41,42)/t29-/m0/s1. The highest BCUT2D eigenvalue weighted by Gasteiger charge is 2.27. The summed E-state index contributed by atoms with van der Waals surface area (Å²) >= 11 is 6.43. The van der Waals surface area contributed by atoms with Crippen molar-refractivity contribution < 1.29 is 31.9 Å². The molecule has 0 saturated carbocycles. The molecule has 0 saturated heterocycles. The summed E-state index contributed by atoms with van der Waals surface area (Å²) in [7, 11) is -3.93. The monoisotopic (exact) mass is 645 g/mol. The van der Waals surface area contributed by atoms with Crippen LogP contribution in [0, 0.1) is 18.2 Å². The van der Waals surface area contributed by atoms with E-state index >= 15 is 8.78 Å². The molecule has 0 bridgehead atoms. The Hall–Kier alpha value is -5.18. The number of hydrogen-bond donors (Lipinski definition) is 2. The molecule has 0 aliphatic rings. The number of sulfone groups is 1. The van der Waals surface area contributed by atoms with E-state index in [1.807, 2.05) is 0 Å². The highest BCUT2D eigenvalue weighted by atomic mass is 35.5. The SMILES string of the molecule is [C-]#[N+]c1ccc(-c2ccc(C[C@H](NC(=O)c3c(F)cc(CS(=O)(=O)c4ccccc4)cc3F)C(=O)O)c3cccnc23)c(Cl)c1. The van der Waals surface area contributed by atoms with Crippen LogP contribution in [0.4, 0.5) is 14.5 Å². The van der Waals surface area contributed by atoms with Crippen LogP contribution in [0.1, 0.15) is 21.5 Å². The number of carbonyl (C=O) groups is 2.